The number of rotatable bonds is 6. The third-order valence-corrected chi connectivity index (χ3v) is 3.69. The normalized spacial score (nSPS) is 18.9. The van der Waals surface area contributed by atoms with Gasteiger partial charge >= 0.3 is 6.09 Å². The second kappa shape index (κ2) is 8.59. The van der Waals surface area contributed by atoms with E-state index in [1.807, 2.05) is 20.8 Å². The fourth-order valence-corrected chi connectivity index (χ4v) is 2.60. The lowest BCUT2D eigenvalue weighted by Crippen LogP contribution is -2.41. The summed E-state index contributed by atoms with van der Waals surface area (Å²) in [7, 11) is 0. The quantitative estimate of drug-likeness (QED) is 0.521. The topological polar surface area (TPSA) is 70.6 Å². The standard InChI is InChI=1S/C16H32N2O3/c1-15(2,3)21-14(19)18-12-8-11-17-13-16(20)9-6-4-5-7-10-16/h17,20H,4-13H2,1-3H3,(H,18,19). The predicted octanol–water partition coefficient (Wildman–Crippen LogP) is 2.58. The summed E-state index contributed by atoms with van der Waals surface area (Å²) >= 11 is 0. The number of carbonyl (C=O) groups is 1. The van der Waals surface area contributed by atoms with Crippen molar-refractivity contribution in [2.45, 2.75) is 76.9 Å². The Labute approximate surface area is 128 Å². The zero-order valence-electron chi connectivity index (χ0n) is 13.8. The number of amides is 1. The number of nitrogens with one attached hydrogen (secondary N) is 2. The minimum absolute atomic E-state index is 0.370. The number of hydrogen-bond donors (Lipinski definition) is 3. The molecule has 1 amide bonds. The van der Waals surface area contributed by atoms with Crippen molar-refractivity contribution < 1.29 is 14.6 Å². The van der Waals surface area contributed by atoms with Crippen molar-refractivity contribution in [3.63, 3.8) is 0 Å². The van der Waals surface area contributed by atoms with Gasteiger partial charge < -0.3 is 20.5 Å². The lowest BCUT2D eigenvalue weighted by atomic mass is 9.94. The van der Waals surface area contributed by atoms with E-state index >= 15 is 0 Å². The first-order valence-electron chi connectivity index (χ1n) is 8.21. The molecule has 0 aromatic carbocycles. The van der Waals surface area contributed by atoms with Crippen LogP contribution in [0.4, 0.5) is 4.79 Å². The maximum atomic E-state index is 11.4. The second-order valence-corrected chi connectivity index (χ2v) is 7.10. The van der Waals surface area contributed by atoms with Gasteiger partial charge in [-0.1, -0.05) is 25.7 Å². The molecule has 0 spiro atoms. The Bertz CT molecular complexity index is 305. The van der Waals surface area contributed by atoms with Gasteiger partial charge in [0.15, 0.2) is 0 Å². The van der Waals surface area contributed by atoms with Crippen LogP contribution in [0.2, 0.25) is 0 Å². The molecule has 21 heavy (non-hydrogen) atoms. The fraction of sp³-hybridized carbons (Fsp3) is 0.938. The molecule has 0 aromatic rings. The fourth-order valence-electron chi connectivity index (χ4n) is 2.60. The molecule has 5 heteroatoms. The van der Waals surface area contributed by atoms with Gasteiger partial charge in [0.05, 0.1) is 5.60 Å². The molecule has 0 atom stereocenters. The molecule has 1 fully saturated rings. The first-order chi connectivity index (χ1) is 9.81. The smallest absolute Gasteiger partial charge is 0.407 e. The molecule has 1 rings (SSSR count). The van der Waals surface area contributed by atoms with E-state index in [1.54, 1.807) is 0 Å². The first-order valence-corrected chi connectivity index (χ1v) is 8.21. The molecule has 0 heterocycles. The van der Waals surface area contributed by atoms with Crippen LogP contribution in [0.3, 0.4) is 0 Å². The molecule has 0 radical (unpaired) electrons. The van der Waals surface area contributed by atoms with E-state index in [2.05, 4.69) is 10.6 Å². The van der Waals surface area contributed by atoms with E-state index in [1.165, 1.54) is 12.8 Å². The molecule has 0 saturated heterocycles. The van der Waals surface area contributed by atoms with Crippen molar-refractivity contribution >= 4 is 6.09 Å². The average Bonchev–Trinajstić information content (AvgIpc) is 2.57. The predicted molar refractivity (Wildman–Crippen MR) is 84.4 cm³/mol. The number of alkyl carbamates (subject to hydrolysis) is 1. The van der Waals surface area contributed by atoms with Gasteiger partial charge in [0, 0.05) is 13.1 Å². The van der Waals surface area contributed by atoms with E-state index in [0.29, 0.717) is 13.1 Å². The van der Waals surface area contributed by atoms with Crippen LogP contribution in [0, 0.1) is 0 Å². The van der Waals surface area contributed by atoms with Crippen molar-refractivity contribution in [2.75, 3.05) is 19.6 Å². The van der Waals surface area contributed by atoms with E-state index in [-0.39, 0.29) is 6.09 Å². The summed E-state index contributed by atoms with van der Waals surface area (Å²) in [6.07, 6.45) is 6.98. The summed E-state index contributed by atoms with van der Waals surface area (Å²) in [5, 5.41) is 16.5. The van der Waals surface area contributed by atoms with Crippen molar-refractivity contribution in [3.05, 3.63) is 0 Å². The van der Waals surface area contributed by atoms with Gasteiger partial charge in [0.1, 0.15) is 5.60 Å². The minimum atomic E-state index is -0.533. The Hall–Kier alpha value is -0.810. The van der Waals surface area contributed by atoms with Gasteiger partial charge in [-0.3, -0.25) is 0 Å². The second-order valence-electron chi connectivity index (χ2n) is 7.10. The zero-order chi connectivity index (χ0) is 15.8. The van der Waals surface area contributed by atoms with Crippen molar-refractivity contribution in [2.24, 2.45) is 0 Å². The maximum Gasteiger partial charge on any atom is 0.407 e. The summed E-state index contributed by atoms with van der Waals surface area (Å²) in [5.41, 5.74) is -0.986. The summed E-state index contributed by atoms with van der Waals surface area (Å²) in [4.78, 5) is 11.4. The number of hydrogen-bond acceptors (Lipinski definition) is 4. The van der Waals surface area contributed by atoms with Crippen molar-refractivity contribution in [1.29, 1.82) is 0 Å². The summed E-state index contributed by atoms with van der Waals surface area (Å²) < 4.78 is 5.16. The summed E-state index contributed by atoms with van der Waals surface area (Å²) in [5.74, 6) is 0. The monoisotopic (exact) mass is 300 g/mol. The molecule has 1 aliphatic carbocycles. The molecule has 5 nitrogen and oxygen atoms in total. The Balaban J connectivity index is 2.05. The molecule has 124 valence electrons. The summed E-state index contributed by atoms with van der Waals surface area (Å²) in [6.45, 7) is 7.57. The Kier molecular flexibility index (Phi) is 7.46. The van der Waals surface area contributed by atoms with Crippen molar-refractivity contribution in [3.8, 4) is 0 Å². The molecule has 0 bridgehead atoms. The molecule has 0 aliphatic heterocycles. The number of aliphatic hydroxyl groups is 1. The van der Waals surface area contributed by atoms with Crippen LogP contribution < -0.4 is 10.6 Å². The van der Waals surface area contributed by atoms with Gasteiger partial charge in [-0.15, -0.1) is 0 Å². The van der Waals surface area contributed by atoms with Crippen LogP contribution in [0.5, 0.6) is 0 Å². The average molecular weight is 300 g/mol. The largest absolute Gasteiger partial charge is 0.444 e. The Morgan fingerprint density at radius 3 is 2.33 bits per heavy atom. The van der Waals surface area contributed by atoms with Gasteiger partial charge in [0.25, 0.3) is 0 Å². The van der Waals surface area contributed by atoms with Crippen LogP contribution >= 0.6 is 0 Å². The maximum absolute atomic E-state index is 11.4. The number of carbonyl (C=O) groups excluding carboxylic acids is 1. The van der Waals surface area contributed by atoms with E-state index < -0.39 is 11.2 Å². The SMILES string of the molecule is CC(C)(C)OC(=O)NCCCNCC1(O)CCCCCC1. The number of ether oxygens (including phenoxy) is 1. The van der Waals surface area contributed by atoms with Crippen LogP contribution in [0.15, 0.2) is 0 Å². The molecule has 0 unspecified atom stereocenters. The third-order valence-electron chi connectivity index (χ3n) is 3.69. The highest BCUT2D eigenvalue weighted by Gasteiger charge is 2.27. The van der Waals surface area contributed by atoms with Crippen LogP contribution in [-0.2, 0) is 4.74 Å². The molecular formula is C16H32N2O3. The lowest BCUT2D eigenvalue weighted by Gasteiger charge is -2.27. The van der Waals surface area contributed by atoms with E-state index in [0.717, 1.165) is 38.6 Å². The Morgan fingerprint density at radius 1 is 1.14 bits per heavy atom. The van der Waals surface area contributed by atoms with Gasteiger partial charge in [0.2, 0.25) is 0 Å². The minimum Gasteiger partial charge on any atom is -0.444 e. The van der Waals surface area contributed by atoms with Gasteiger partial charge in [-0.25, -0.2) is 4.79 Å². The highest BCUT2D eigenvalue weighted by molar-refractivity contribution is 5.67. The lowest BCUT2D eigenvalue weighted by molar-refractivity contribution is 0.0253. The van der Waals surface area contributed by atoms with Crippen LogP contribution in [0.25, 0.3) is 0 Å². The molecule has 0 aromatic heterocycles. The Morgan fingerprint density at radius 2 is 1.76 bits per heavy atom. The summed E-state index contributed by atoms with van der Waals surface area (Å²) in [6, 6.07) is 0. The van der Waals surface area contributed by atoms with Gasteiger partial charge in [-0.05, 0) is 46.6 Å². The highest BCUT2D eigenvalue weighted by Crippen LogP contribution is 2.26. The van der Waals surface area contributed by atoms with Crippen molar-refractivity contribution in [1.82, 2.24) is 10.6 Å². The van der Waals surface area contributed by atoms with E-state index in [9.17, 15) is 9.90 Å². The zero-order valence-corrected chi connectivity index (χ0v) is 13.8. The first kappa shape index (κ1) is 18.2. The van der Waals surface area contributed by atoms with Crippen LogP contribution in [-0.4, -0.2) is 42.0 Å². The highest BCUT2D eigenvalue weighted by atomic mass is 16.6. The molecule has 3 N–H and O–H groups in total. The third kappa shape index (κ3) is 8.94. The van der Waals surface area contributed by atoms with Crippen LogP contribution in [0.1, 0.15) is 65.7 Å². The molecular weight excluding hydrogens is 268 g/mol. The molecule has 1 saturated carbocycles. The molecule has 1 aliphatic rings. The van der Waals surface area contributed by atoms with Gasteiger partial charge in [-0.2, -0.15) is 0 Å². The van der Waals surface area contributed by atoms with E-state index in [4.69, 9.17) is 4.74 Å².